The molecule has 0 aromatic heterocycles. The third-order valence-corrected chi connectivity index (χ3v) is 2.35. The van der Waals surface area contributed by atoms with Crippen LogP contribution in [0.3, 0.4) is 0 Å². The van der Waals surface area contributed by atoms with E-state index >= 15 is 0 Å². The molecule has 0 bridgehead atoms. The van der Waals surface area contributed by atoms with Crippen molar-refractivity contribution < 1.29 is 9.18 Å². The molecule has 1 amide bonds. The highest BCUT2D eigenvalue weighted by Crippen LogP contribution is 2.18. The van der Waals surface area contributed by atoms with Crippen LogP contribution in [0.2, 0.25) is 0 Å². The quantitative estimate of drug-likeness (QED) is 0.894. The molecule has 0 spiro atoms. The van der Waals surface area contributed by atoms with Crippen LogP contribution < -0.4 is 5.32 Å². The second-order valence-electron chi connectivity index (χ2n) is 5.43. The number of nitrogens with zero attached hydrogens (tertiary/aromatic N) is 1. The molecule has 1 aromatic carbocycles. The molecule has 0 heterocycles. The molecule has 96 valence electrons. The number of amides is 1. The monoisotopic (exact) mass is 248 g/mol. The number of carbonyl (C=O) groups excluding carboxylic acids is 1. The molecule has 0 radical (unpaired) electrons. The van der Waals surface area contributed by atoms with E-state index in [1.54, 1.807) is 0 Å². The lowest BCUT2D eigenvalue weighted by molar-refractivity contribution is -0.122. The lowest BCUT2D eigenvalue weighted by Gasteiger charge is -2.17. The van der Waals surface area contributed by atoms with E-state index in [1.165, 1.54) is 18.2 Å². The van der Waals surface area contributed by atoms with Gasteiger partial charge < -0.3 is 5.32 Å². The molecule has 4 heteroatoms. The summed E-state index contributed by atoms with van der Waals surface area (Å²) in [7, 11) is 0. The summed E-state index contributed by atoms with van der Waals surface area (Å²) < 4.78 is 13.5. The van der Waals surface area contributed by atoms with Crippen LogP contribution in [0.15, 0.2) is 18.2 Å². The SMILES string of the molecule is CC(C)(C)CC(=O)NCc1ccc(C#N)cc1F. The highest BCUT2D eigenvalue weighted by molar-refractivity contribution is 5.76. The molecule has 0 unspecified atom stereocenters. The van der Waals surface area contributed by atoms with E-state index < -0.39 is 5.82 Å². The first-order valence-electron chi connectivity index (χ1n) is 5.77. The molecule has 0 aliphatic rings. The summed E-state index contributed by atoms with van der Waals surface area (Å²) in [5.74, 6) is -0.573. The van der Waals surface area contributed by atoms with E-state index in [0.717, 1.165) is 0 Å². The Morgan fingerprint density at radius 1 is 1.44 bits per heavy atom. The van der Waals surface area contributed by atoms with Gasteiger partial charge in [0.25, 0.3) is 0 Å². The van der Waals surface area contributed by atoms with Crippen molar-refractivity contribution in [1.29, 1.82) is 5.26 Å². The summed E-state index contributed by atoms with van der Waals surface area (Å²) >= 11 is 0. The minimum absolute atomic E-state index is 0.0900. The van der Waals surface area contributed by atoms with Crippen molar-refractivity contribution in [2.24, 2.45) is 5.41 Å². The maximum Gasteiger partial charge on any atom is 0.220 e. The highest BCUT2D eigenvalue weighted by Gasteiger charge is 2.15. The molecule has 3 nitrogen and oxygen atoms in total. The van der Waals surface area contributed by atoms with Gasteiger partial charge in [0, 0.05) is 18.5 Å². The number of hydrogen-bond acceptors (Lipinski definition) is 2. The lowest BCUT2D eigenvalue weighted by Crippen LogP contribution is -2.27. The Morgan fingerprint density at radius 3 is 2.61 bits per heavy atom. The summed E-state index contributed by atoms with van der Waals surface area (Å²) in [6.45, 7) is 6.05. The van der Waals surface area contributed by atoms with E-state index in [0.29, 0.717) is 12.0 Å². The predicted molar refractivity (Wildman–Crippen MR) is 67.0 cm³/mol. The maximum atomic E-state index is 13.5. The molecule has 0 saturated carbocycles. The zero-order chi connectivity index (χ0) is 13.8. The van der Waals surface area contributed by atoms with Crippen molar-refractivity contribution in [2.75, 3.05) is 0 Å². The second-order valence-corrected chi connectivity index (χ2v) is 5.43. The smallest absolute Gasteiger partial charge is 0.220 e. The van der Waals surface area contributed by atoms with Gasteiger partial charge in [0.1, 0.15) is 5.82 Å². The van der Waals surface area contributed by atoms with Crippen LogP contribution in [-0.4, -0.2) is 5.91 Å². The van der Waals surface area contributed by atoms with Gasteiger partial charge in [0.15, 0.2) is 0 Å². The zero-order valence-corrected chi connectivity index (χ0v) is 10.9. The Kier molecular flexibility index (Phi) is 4.43. The van der Waals surface area contributed by atoms with Crippen LogP contribution in [0.5, 0.6) is 0 Å². The van der Waals surface area contributed by atoms with E-state index in [-0.39, 0.29) is 23.4 Å². The van der Waals surface area contributed by atoms with Gasteiger partial charge in [-0.3, -0.25) is 4.79 Å². The summed E-state index contributed by atoms with van der Waals surface area (Å²) in [4.78, 5) is 11.6. The average molecular weight is 248 g/mol. The van der Waals surface area contributed by atoms with Crippen LogP contribution in [-0.2, 0) is 11.3 Å². The van der Waals surface area contributed by atoms with Crippen molar-refractivity contribution >= 4 is 5.91 Å². The topological polar surface area (TPSA) is 52.9 Å². The zero-order valence-electron chi connectivity index (χ0n) is 10.9. The first kappa shape index (κ1) is 14.2. The average Bonchev–Trinajstić information content (AvgIpc) is 2.25. The van der Waals surface area contributed by atoms with Crippen LogP contribution >= 0.6 is 0 Å². The van der Waals surface area contributed by atoms with Crippen LogP contribution in [0.25, 0.3) is 0 Å². The highest BCUT2D eigenvalue weighted by atomic mass is 19.1. The van der Waals surface area contributed by atoms with Gasteiger partial charge in [0.2, 0.25) is 5.91 Å². The first-order chi connectivity index (χ1) is 8.31. The summed E-state index contributed by atoms with van der Waals surface area (Å²) in [6.07, 6.45) is 0.394. The Balaban J connectivity index is 2.59. The van der Waals surface area contributed by atoms with Gasteiger partial charge in [-0.25, -0.2) is 4.39 Å². The second kappa shape index (κ2) is 5.63. The minimum atomic E-state index is -0.467. The van der Waals surface area contributed by atoms with Crippen molar-refractivity contribution in [1.82, 2.24) is 5.32 Å². The molecule has 18 heavy (non-hydrogen) atoms. The standard InChI is InChI=1S/C14H17FN2O/c1-14(2,3)7-13(18)17-9-11-5-4-10(8-16)6-12(11)15/h4-6H,7,9H2,1-3H3,(H,17,18). The molecule has 0 aliphatic heterocycles. The number of nitriles is 1. The van der Waals surface area contributed by atoms with Crippen molar-refractivity contribution in [3.05, 3.63) is 35.1 Å². The van der Waals surface area contributed by atoms with Gasteiger partial charge in [0.05, 0.1) is 11.6 Å². The number of halogens is 1. The Bertz CT molecular complexity index is 484. The fraction of sp³-hybridized carbons (Fsp3) is 0.429. The van der Waals surface area contributed by atoms with Crippen LogP contribution in [0.1, 0.15) is 38.3 Å². The van der Waals surface area contributed by atoms with Gasteiger partial charge in [-0.15, -0.1) is 0 Å². The molecule has 0 fully saturated rings. The Hall–Kier alpha value is -1.89. The van der Waals surface area contributed by atoms with Gasteiger partial charge in [-0.1, -0.05) is 26.8 Å². The third kappa shape index (κ3) is 4.54. The fourth-order valence-electron chi connectivity index (χ4n) is 1.50. The van der Waals surface area contributed by atoms with E-state index in [9.17, 15) is 9.18 Å². The summed E-state index contributed by atoms with van der Waals surface area (Å²) in [5.41, 5.74) is 0.571. The largest absolute Gasteiger partial charge is 0.352 e. The molecular formula is C14H17FN2O. The minimum Gasteiger partial charge on any atom is -0.352 e. The number of rotatable bonds is 3. The van der Waals surface area contributed by atoms with Gasteiger partial charge >= 0.3 is 0 Å². The number of hydrogen-bond donors (Lipinski definition) is 1. The van der Waals surface area contributed by atoms with Crippen LogP contribution in [0, 0.1) is 22.6 Å². The molecule has 1 rings (SSSR count). The van der Waals surface area contributed by atoms with Crippen molar-refractivity contribution in [2.45, 2.75) is 33.7 Å². The molecular weight excluding hydrogens is 231 g/mol. The predicted octanol–water partition coefficient (Wildman–Crippen LogP) is 2.75. The normalized spacial score (nSPS) is 10.8. The Morgan fingerprint density at radius 2 is 2.11 bits per heavy atom. The lowest BCUT2D eigenvalue weighted by atomic mass is 9.92. The Labute approximate surface area is 107 Å². The van der Waals surface area contributed by atoms with E-state index in [2.05, 4.69) is 5.32 Å². The first-order valence-corrected chi connectivity index (χ1v) is 5.77. The number of carbonyl (C=O) groups is 1. The fourth-order valence-corrected chi connectivity index (χ4v) is 1.50. The van der Waals surface area contributed by atoms with Crippen molar-refractivity contribution in [3.63, 3.8) is 0 Å². The molecule has 0 atom stereocenters. The van der Waals surface area contributed by atoms with Gasteiger partial charge in [-0.2, -0.15) is 5.26 Å². The molecule has 0 aliphatic carbocycles. The van der Waals surface area contributed by atoms with E-state index in [1.807, 2.05) is 26.8 Å². The molecule has 1 N–H and O–H groups in total. The number of benzene rings is 1. The molecule has 1 aromatic rings. The summed E-state index contributed by atoms with van der Waals surface area (Å²) in [5, 5.41) is 11.3. The van der Waals surface area contributed by atoms with E-state index in [4.69, 9.17) is 5.26 Å². The van der Waals surface area contributed by atoms with Gasteiger partial charge in [-0.05, 0) is 17.5 Å². The molecule has 0 saturated heterocycles. The maximum absolute atomic E-state index is 13.5. The van der Waals surface area contributed by atoms with Crippen LogP contribution in [0.4, 0.5) is 4.39 Å². The van der Waals surface area contributed by atoms with Crippen molar-refractivity contribution in [3.8, 4) is 6.07 Å². The summed E-state index contributed by atoms with van der Waals surface area (Å²) in [6, 6.07) is 6.09. The third-order valence-electron chi connectivity index (χ3n) is 2.35. The number of nitrogens with one attached hydrogen (secondary N) is 1.